The summed E-state index contributed by atoms with van der Waals surface area (Å²) in [5.74, 6) is -0.342. The highest BCUT2D eigenvalue weighted by Crippen LogP contribution is 2.33. The summed E-state index contributed by atoms with van der Waals surface area (Å²) < 4.78 is 34.1. The highest BCUT2D eigenvalue weighted by atomic mass is 16.8. The zero-order chi connectivity index (χ0) is 56.2. The number of amides is 1. The van der Waals surface area contributed by atoms with Gasteiger partial charge in [-0.05, 0) is 70.6 Å². The fourth-order valence-corrected chi connectivity index (χ4v) is 8.76. The van der Waals surface area contributed by atoms with Crippen LogP contribution in [-0.4, -0.2) is 193 Å². The second kappa shape index (κ2) is 40.8. The Balaban J connectivity index is 1.51. The first-order chi connectivity index (χ1) is 37.3. The number of aliphatic hydroxyl groups excluding tert-OH is 11. The van der Waals surface area contributed by atoms with Crippen LogP contribution in [0, 0.1) is 0 Å². The van der Waals surface area contributed by atoms with E-state index >= 15 is 0 Å². The van der Waals surface area contributed by atoms with Crippen LogP contribution in [0.4, 0.5) is 0 Å². The van der Waals surface area contributed by atoms with Gasteiger partial charge in [-0.1, -0.05) is 150 Å². The SMILES string of the molecule is CC/C=C\C/C=C\C/C=C\C/C=C\C/C=C\C/C=C\C/C=C\CCCC(=O)NC(COC1OC(CO)C(OC2OC(CO)C(OC3OC(CO)C(O)C(O)C3O)C(O)C2O)C(O)C1O)C(O)/C=C/CCCCCCCCC. The Hall–Kier alpha value is -3.29. The van der Waals surface area contributed by atoms with Crippen molar-refractivity contribution in [2.24, 2.45) is 0 Å². The number of hydrogen-bond donors (Lipinski definition) is 12. The molecule has 3 saturated heterocycles. The van der Waals surface area contributed by atoms with E-state index in [-0.39, 0.29) is 18.9 Å². The Bertz CT molecular complexity index is 1780. The van der Waals surface area contributed by atoms with Crippen molar-refractivity contribution in [1.29, 1.82) is 0 Å². The monoisotopic (exact) mass is 1090 g/mol. The summed E-state index contributed by atoms with van der Waals surface area (Å²) in [6, 6.07) is -1.01. The molecular weight excluding hydrogens is 999 g/mol. The third-order valence-corrected chi connectivity index (χ3v) is 13.4. The van der Waals surface area contributed by atoms with Crippen molar-refractivity contribution < 1.29 is 89.4 Å². The fraction of sp³-hybridized carbons (Fsp3) is 0.707. The van der Waals surface area contributed by atoms with E-state index in [1.54, 1.807) is 6.08 Å². The second-order valence-corrected chi connectivity index (χ2v) is 19.7. The molecule has 0 radical (unpaired) electrons. The smallest absolute Gasteiger partial charge is 0.220 e. The summed E-state index contributed by atoms with van der Waals surface area (Å²) in [6.45, 7) is 1.48. The molecule has 0 saturated carbocycles. The van der Waals surface area contributed by atoms with Gasteiger partial charge in [-0.2, -0.15) is 0 Å². The van der Waals surface area contributed by atoms with E-state index in [1.807, 2.05) is 18.2 Å². The molecule has 17 unspecified atom stereocenters. The van der Waals surface area contributed by atoms with Crippen molar-refractivity contribution in [2.75, 3.05) is 26.4 Å². The Kier molecular flexibility index (Phi) is 36.0. The second-order valence-electron chi connectivity index (χ2n) is 19.7. The highest BCUT2D eigenvalue weighted by Gasteiger charge is 2.53. The molecule has 3 aliphatic heterocycles. The molecule has 0 aromatic heterocycles. The van der Waals surface area contributed by atoms with Gasteiger partial charge in [0, 0.05) is 6.42 Å². The van der Waals surface area contributed by atoms with Crippen LogP contribution in [0.5, 0.6) is 0 Å². The van der Waals surface area contributed by atoms with Gasteiger partial charge in [0.15, 0.2) is 18.9 Å². The zero-order valence-corrected chi connectivity index (χ0v) is 45.4. The van der Waals surface area contributed by atoms with Gasteiger partial charge < -0.3 is 89.9 Å². The molecule has 0 spiro atoms. The lowest BCUT2D eigenvalue weighted by Crippen LogP contribution is -2.66. The largest absolute Gasteiger partial charge is 0.394 e. The number of carbonyl (C=O) groups excluding carboxylic acids is 1. The molecule has 19 nitrogen and oxygen atoms in total. The Morgan fingerprint density at radius 1 is 0.481 bits per heavy atom. The molecule has 19 heteroatoms. The molecule has 0 aromatic carbocycles. The van der Waals surface area contributed by atoms with Gasteiger partial charge in [-0.25, -0.2) is 0 Å². The number of ether oxygens (including phenoxy) is 6. The van der Waals surface area contributed by atoms with E-state index in [9.17, 15) is 61.0 Å². The van der Waals surface area contributed by atoms with E-state index in [0.717, 1.165) is 70.6 Å². The van der Waals surface area contributed by atoms with Crippen LogP contribution in [0.15, 0.2) is 97.2 Å². The van der Waals surface area contributed by atoms with Crippen LogP contribution in [0.3, 0.4) is 0 Å². The lowest BCUT2D eigenvalue weighted by molar-refractivity contribution is -0.379. The first-order valence-corrected chi connectivity index (χ1v) is 28.0. The minimum absolute atomic E-state index is 0.156. The maximum atomic E-state index is 13.2. The molecule has 17 atom stereocenters. The maximum Gasteiger partial charge on any atom is 0.220 e. The molecule has 0 aliphatic carbocycles. The van der Waals surface area contributed by atoms with E-state index in [2.05, 4.69) is 92.1 Å². The van der Waals surface area contributed by atoms with Crippen LogP contribution in [0.1, 0.15) is 129 Å². The molecule has 0 aromatic rings. The average molecular weight is 1090 g/mol. The number of carbonyl (C=O) groups is 1. The van der Waals surface area contributed by atoms with E-state index in [1.165, 1.54) is 25.7 Å². The molecule has 1 amide bonds. The van der Waals surface area contributed by atoms with Crippen molar-refractivity contribution >= 4 is 5.91 Å². The molecular formula is C58H95NO18. The average Bonchev–Trinajstić information content (AvgIpc) is 3.43. The third kappa shape index (κ3) is 25.4. The van der Waals surface area contributed by atoms with Crippen molar-refractivity contribution in [3.8, 4) is 0 Å². The summed E-state index contributed by atoms with van der Waals surface area (Å²) in [6.07, 6.45) is 22.8. The topological polar surface area (TPSA) is 307 Å². The van der Waals surface area contributed by atoms with Crippen LogP contribution in [-0.2, 0) is 33.2 Å². The first-order valence-electron chi connectivity index (χ1n) is 28.0. The van der Waals surface area contributed by atoms with Crippen molar-refractivity contribution in [1.82, 2.24) is 5.32 Å². The van der Waals surface area contributed by atoms with Crippen molar-refractivity contribution in [3.63, 3.8) is 0 Å². The summed E-state index contributed by atoms with van der Waals surface area (Å²) in [5, 5.41) is 120. The predicted octanol–water partition coefficient (Wildman–Crippen LogP) is 3.81. The minimum Gasteiger partial charge on any atom is -0.394 e. The molecule has 77 heavy (non-hydrogen) atoms. The first kappa shape index (κ1) is 68.0. The number of rotatable bonds is 38. The Morgan fingerprint density at radius 2 is 0.896 bits per heavy atom. The quantitative estimate of drug-likeness (QED) is 0.0309. The number of hydrogen-bond acceptors (Lipinski definition) is 18. The minimum atomic E-state index is -1.99. The highest BCUT2D eigenvalue weighted by molar-refractivity contribution is 5.76. The van der Waals surface area contributed by atoms with Crippen LogP contribution < -0.4 is 5.32 Å². The van der Waals surface area contributed by atoms with E-state index in [4.69, 9.17) is 28.4 Å². The molecule has 3 rings (SSSR count). The van der Waals surface area contributed by atoms with Crippen LogP contribution >= 0.6 is 0 Å². The predicted molar refractivity (Wildman–Crippen MR) is 290 cm³/mol. The Labute approximate surface area is 456 Å². The van der Waals surface area contributed by atoms with Crippen molar-refractivity contribution in [3.05, 3.63) is 97.2 Å². The van der Waals surface area contributed by atoms with E-state index < -0.39 is 124 Å². The summed E-state index contributed by atoms with van der Waals surface area (Å²) in [4.78, 5) is 13.2. The van der Waals surface area contributed by atoms with Gasteiger partial charge in [0.25, 0.3) is 0 Å². The number of allylic oxidation sites excluding steroid dienone is 15. The van der Waals surface area contributed by atoms with Crippen molar-refractivity contribution in [2.45, 2.75) is 234 Å². The molecule has 12 N–H and O–H groups in total. The molecule has 3 aliphatic rings. The molecule has 3 fully saturated rings. The maximum absolute atomic E-state index is 13.2. The summed E-state index contributed by atoms with van der Waals surface area (Å²) in [7, 11) is 0. The third-order valence-electron chi connectivity index (χ3n) is 13.4. The van der Waals surface area contributed by atoms with Crippen LogP contribution in [0.2, 0.25) is 0 Å². The molecule has 0 bridgehead atoms. The standard InChI is InChI=1S/C58H95NO18/c1-3-5-7-9-11-13-14-15-16-17-18-19-20-21-22-23-24-25-26-28-30-32-34-36-46(64)59-41(42(63)35-33-31-29-27-12-10-8-6-4-2)40-72-56-52(70)49(67)54(44(38-61)74-56)77-58-53(71)50(68)55(45(39-62)75-58)76-57-51(69)48(66)47(65)43(37-60)73-57/h5,7,11,13,15-16,18-19,21-22,24-25,28,30,33,35,41-45,47-58,60-63,65-71H,3-4,6,8-10,12,14,17,20,23,26-27,29,31-32,34,36-40H2,1-2H3,(H,59,64)/b7-5-,13-11-,16-15-,19-18-,22-21-,25-24-,30-28-,35-33+. The normalized spacial score (nSPS) is 31.5. The van der Waals surface area contributed by atoms with Crippen LogP contribution in [0.25, 0.3) is 0 Å². The van der Waals surface area contributed by atoms with Gasteiger partial charge in [0.2, 0.25) is 5.91 Å². The summed E-state index contributed by atoms with van der Waals surface area (Å²) in [5.41, 5.74) is 0. The van der Waals surface area contributed by atoms with Gasteiger partial charge in [-0.3, -0.25) is 4.79 Å². The lowest BCUT2D eigenvalue weighted by atomic mass is 9.96. The zero-order valence-electron chi connectivity index (χ0n) is 45.4. The number of aliphatic hydroxyl groups is 11. The Morgan fingerprint density at radius 3 is 1.39 bits per heavy atom. The van der Waals surface area contributed by atoms with E-state index in [0.29, 0.717) is 12.8 Å². The fourth-order valence-electron chi connectivity index (χ4n) is 8.76. The number of unbranched alkanes of at least 4 members (excludes halogenated alkanes) is 8. The van der Waals surface area contributed by atoms with Gasteiger partial charge in [0.1, 0.15) is 73.2 Å². The van der Waals surface area contributed by atoms with Gasteiger partial charge in [-0.15, -0.1) is 0 Å². The lowest BCUT2D eigenvalue weighted by Gasteiger charge is -2.48. The molecule has 440 valence electrons. The number of nitrogens with one attached hydrogen (secondary N) is 1. The summed E-state index contributed by atoms with van der Waals surface area (Å²) >= 11 is 0. The van der Waals surface area contributed by atoms with Gasteiger partial charge in [0.05, 0.1) is 38.6 Å². The molecule has 3 heterocycles. The van der Waals surface area contributed by atoms with Gasteiger partial charge >= 0.3 is 0 Å².